The molecule has 3 N–H and O–H groups in total. The first-order valence-corrected chi connectivity index (χ1v) is 11.2. The Kier molecular flexibility index (Phi) is 5.90. The first kappa shape index (κ1) is 21.9. The summed E-state index contributed by atoms with van der Waals surface area (Å²) in [5.41, 5.74) is -1.33. The highest BCUT2D eigenvalue weighted by molar-refractivity contribution is 6.42. The standard InChI is InChI=1S/C23H25Cl2N3O3/c1-13-6-5-9-19(14(13)2)26-21(29)23(31)16-7-3-4-8-20(16)27-22(30)28(23)15-10-11-17(24)18(25)12-15/h3-4,7-8,10-14,19,31H,5-6,9H2,1-2H3,(H,26,29)(H,27,30)/t13-,14-,19-,23-/m1/s1. The van der Waals surface area contributed by atoms with Crippen LogP contribution in [0.2, 0.25) is 10.0 Å². The average Bonchev–Trinajstić information content (AvgIpc) is 2.74. The summed E-state index contributed by atoms with van der Waals surface area (Å²) < 4.78 is 0. The molecule has 164 valence electrons. The number of nitrogens with one attached hydrogen (secondary N) is 2. The van der Waals surface area contributed by atoms with Crippen LogP contribution in [0.3, 0.4) is 0 Å². The second kappa shape index (κ2) is 8.34. The van der Waals surface area contributed by atoms with E-state index in [0.717, 1.165) is 24.2 Å². The fourth-order valence-corrected chi connectivity index (χ4v) is 4.83. The molecule has 3 amide bonds. The Morgan fingerprint density at radius 1 is 1.16 bits per heavy atom. The average molecular weight is 462 g/mol. The summed E-state index contributed by atoms with van der Waals surface area (Å²) in [4.78, 5) is 27.8. The van der Waals surface area contributed by atoms with Gasteiger partial charge >= 0.3 is 6.03 Å². The van der Waals surface area contributed by atoms with Crippen LogP contribution in [0.4, 0.5) is 16.2 Å². The molecule has 2 aromatic rings. The number of carbonyl (C=O) groups is 2. The minimum Gasteiger partial charge on any atom is -0.359 e. The van der Waals surface area contributed by atoms with Crippen molar-refractivity contribution in [3.63, 3.8) is 0 Å². The van der Waals surface area contributed by atoms with Crippen LogP contribution >= 0.6 is 23.2 Å². The third kappa shape index (κ3) is 3.77. The van der Waals surface area contributed by atoms with Crippen LogP contribution in [-0.4, -0.2) is 23.1 Å². The number of halogens is 2. The summed E-state index contributed by atoms with van der Waals surface area (Å²) in [5.74, 6) is 0.0704. The molecule has 8 heteroatoms. The number of nitrogens with zero attached hydrogens (tertiary/aromatic N) is 1. The Morgan fingerprint density at radius 2 is 1.90 bits per heavy atom. The summed E-state index contributed by atoms with van der Waals surface area (Å²) in [6, 6.07) is 10.5. The Morgan fingerprint density at radius 3 is 2.65 bits per heavy atom. The molecule has 1 aliphatic heterocycles. The van der Waals surface area contributed by atoms with Gasteiger partial charge in [0.2, 0.25) is 0 Å². The first-order chi connectivity index (χ1) is 14.7. The predicted molar refractivity (Wildman–Crippen MR) is 122 cm³/mol. The molecule has 2 aliphatic rings. The molecular weight excluding hydrogens is 437 g/mol. The number of amides is 3. The summed E-state index contributed by atoms with van der Waals surface area (Å²) in [6.45, 7) is 4.28. The monoisotopic (exact) mass is 461 g/mol. The molecule has 1 saturated carbocycles. The largest absolute Gasteiger partial charge is 0.359 e. The number of hydrogen-bond donors (Lipinski definition) is 3. The SMILES string of the molecule is C[C@@H]1[C@H](C)CCC[C@H]1NC(=O)[C@]1(O)c2ccccc2NC(=O)N1c1ccc(Cl)c(Cl)c1. The quantitative estimate of drug-likeness (QED) is 0.592. The zero-order valence-electron chi connectivity index (χ0n) is 17.4. The van der Waals surface area contributed by atoms with E-state index in [-0.39, 0.29) is 28.2 Å². The van der Waals surface area contributed by atoms with Gasteiger partial charge in [-0.25, -0.2) is 4.79 Å². The second-order valence-corrected chi connectivity index (χ2v) is 9.24. The molecule has 4 atom stereocenters. The lowest BCUT2D eigenvalue weighted by atomic mass is 9.78. The molecule has 0 spiro atoms. The number of carbonyl (C=O) groups excluding carboxylic acids is 2. The van der Waals surface area contributed by atoms with Gasteiger partial charge < -0.3 is 15.7 Å². The minimum absolute atomic E-state index is 0.0897. The van der Waals surface area contributed by atoms with E-state index in [1.54, 1.807) is 30.3 Å². The molecule has 2 aromatic carbocycles. The van der Waals surface area contributed by atoms with Gasteiger partial charge in [0.25, 0.3) is 11.6 Å². The van der Waals surface area contributed by atoms with E-state index in [1.807, 2.05) is 0 Å². The maximum Gasteiger partial charge on any atom is 0.329 e. The summed E-state index contributed by atoms with van der Waals surface area (Å²) in [7, 11) is 0. The van der Waals surface area contributed by atoms with Crippen molar-refractivity contribution in [1.82, 2.24) is 5.32 Å². The number of para-hydroxylation sites is 1. The molecule has 31 heavy (non-hydrogen) atoms. The van der Waals surface area contributed by atoms with Gasteiger partial charge in [-0.2, -0.15) is 0 Å². The minimum atomic E-state index is -2.25. The van der Waals surface area contributed by atoms with Crippen molar-refractivity contribution < 1.29 is 14.7 Å². The molecular formula is C23H25Cl2N3O3. The molecule has 0 bridgehead atoms. The molecule has 0 aromatic heterocycles. The highest BCUT2D eigenvalue weighted by atomic mass is 35.5. The molecule has 1 fully saturated rings. The van der Waals surface area contributed by atoms with E-state index in [4.69, 9.17) is 23.2 Å². The van der Waals surface area contributed by atoms with Crippen LogP contribution < -0.4 is 15.5 Å². The highest BCUT2D eigenvalue weighted by Gasteiger charge is 2.52. The second-order valence-electron chi connectivity index (χ2n) is 8.43. The molecule has 0 saturated heterocycles. The lowest BCUT2D eigenvalue weighted by Crippen LogP contribution is -2.64. The summed E-state index contributed by atoms with van der Waals surface area (Å²) in [6.07, 6.45) is 2.94. The lowest BCUT2D eigenvalue weighted by Gasteiger charge is -2.44. The van der Waals surface area contributed by atoms with E-state index in [9.17, 15) is 14.7 Å². The van der Waals surface area contributed by atoms with Gasteiger partial charge in [0.1, 0.15) is 0 Å². The summed E-state index contributed by atoms with van der Waals surface area (Å²) in [5, 5.41) is 18.2. The third-order valence-corrected chi connectivity index (χ3v) is 7.31. The maximum atomic E-state index is 13.6. The number of fused-ring (bicyclic) bond motifs is 1. The topological polar surface area (TPSA) is 81.7 Å². The van der Waals surface area contributed by atoms with Crippen molar-refractivity contribution in [1.29, 1.82) is 0 Å². The molecule has 0 unspecified atom stereocenters. The third-order valence-electron chi connectivity index (χ3n) is 6.57. The Bertz CT molecular complexity index is 1030. The molecule has 1 aliphatic carbocycles. The number of rotatable bonds is 3. The Hall–Kier alpha value is -2.28. The number of urea groups is 1. The van der Waals surface area contributed by atoms with Crippen LogP contribution in [0.1, 0.15) is 38.7 Å². The zero-order valence-corrected chi connectivity index (χ0v) is 18.9. The van der Waals surface area contributed by atoms with Crippen LogP contribution in [-0.2, 0) is 10.5 Å². The highest BCUT2D eigenvalue weighted by Crippen LogP contribution is 2.41. The van der Waals surface area contributed by atoms with Crippen LogP contribution in [0.15, 0.2) is 42.5 Å². The normalized spacial score (nSPS) is 28.0. The molecule has 6 nitrogen and oxygen atoms in total. The van der Waals surface area contributed by atoms with Gasteiger partial charge in [-0.1, -0.05) is 68.1 Å². The van der Waals surface area contributed by atoms with Crippen molar-refractivity contribution in [2.45, 2.75) is 44.9 Å². The van der Waals surface area contributed by atoms with Gasteiger partial charge in [-0.3, -0.25) is 9.69 Å². The van der Waals surface area contributed by atoms with E-state index >= 15 is 0 Å². The maximum absolute atomic E-state index is 13.6. The number of benzene rings is 2. The predicted octanol–water partition coefficient (Wildman–Crippen LogP) is 5.13. The van der Waals surface area contributed by atoms with E-state index < -0.39 is 17.7 Å². The Balaban J connectivity index is 1.79. The lowest BCUT2D eigenvalue weighted by molar-refractivity contribution is -0.141. The smallest absolute Gasteiger partial charge is 0.329 e. The van der Waals surface area contributed by atoms with Crippen LogP contribution in [0, 0.1) is 11.8 Å². The molecule has 4 rings (SSSR count). The van der Waals surface area contributed by atoms with Crippen LogP contribution in [0.25, 0.3) is 0 Å². The summed E-state index contributed by atoms with van der Waals surface area (Å²) >= 11 is 12.2. The first-order valence-electron chi connectivity index (χ1n) is 10.4. The molecule has 0 radical (unpaired) electrons. The zero-order chi connectivity index (χ0) is 22.3. The Labute approximate surface area is 191 Å². The number of anilines is 2. The van der Waals surface area contributed by atoms with Crippen molar-refractivity contribution in [2.75, 3.05) is 10.2 Å². The van der Waals surface area contributed by atoms with E-state index in [1.165, 1.54) is 12.1 Å². The van der Waals surface area contributed by atoms with Gasteiger partial charge in [-0.15, -0.1) is 0 Å². The number of hydrogen-bond acceptors (Lipinski definition) is 3. The fourth-order valence-electron chi connectivity index (χ4n) is 4.54. The van der Waals surface area contributed by atoms with E-state index in [0.29, 0.717) is 16.6 Å². The van der Waals surface area contributed by atoms with Gasteiger partial charge in [-0.05, 0) is 42.5 Å². The van der Waals surface area contributed by atoms with E-state index in [2.05, 4.69) is 24.5 Å². The van der Waals surface area contributed by atoms with Crippen molar-refractivity contribution in [3.05, 3.63) is 58.1 Å². The van der Waals surface area contributed by atoms with Crippen molar-refractivity contribution in [2.24, 2.45) is 11.8 Å². The number of aliphatic hydroxyl groups is 1. The van der Waals surface area contributed by atoms with Gasteiger partial charge in [0, 0.05) is 11.6 Å². The van der Waals surface area contributed by atoms with Crippen molar-refractivity contribution >= 4 is 46.5 Å². The van der Waals surface area contributed by atoms with Crippen molar-refractivity contribution in [3.8, 4) is 0 Å². The van der Waals surface area contributed by atoms with Gasteiger partial charge in [0.15, 0.2) is 0 Å². The van der Waals surface area contributed by atoms with Gasteiger partial charge in [0.05, 0.1) is 21.4 Å². The fraction of sp³-hybridized carbons (Fsp3) is 0.391. The van der Waals surface area contributed by atoms with Crippen LogP contribution in [0.5, 0.6) is 0 Å². The molecule has 1 heterocycles.